The molecule has 3 aromatic rings. The first-order valence-corrected chi connectivity index (χ1v) is 8.05. The van der Waals surface area contributed by atoms with Gasteiger partial charge in [0.05, 0.1) is 18.5 Å². The zero-order chi connectivity index (χ0) is 16.2. The standard InChI is InChI=1S/C17H17N3O2S/c1-11-5-7-13(8-6-11)20-17(21)18-10-15-12(2)19-16(23-15)14-4-3-9-22-14/h3-9H,10H2,1-2H3,(H2,18,20,21). The van der Waals surface area contributed by atoms with Crippen LogP contribution >= 0.6 is 11.3 Å². The Hall–Kier alpha value is -2.60. The molecule has 118 valence electrons. The normalized spacial score (nSPS) is 10.5. The summed E-state index contributed by atoms with van der Waals surface area (Å²) in [7, 11) is 0. The Bertz CT molecular complexity index is 792. The summed E-state index contributed by atoms with van der Waals surface area (Å²) in [5, 5.41) is 6.48. The van der Waals surface area contributed by atoms with Gasteiger partial charge in [-0.25, -0.2) is 9.78 Å². The third kappa shape index (κ3) is 3.78. The van der Waals surface area contributed by atoms with E-state index >= 15 is 0 Å². The second-order valence-electron chi connectivity index (χ2n) is 5.18. The van der Waals surface area contributed by atoms with E-state index in [1.165, 1.54) is 11.3 Å². The number of hydrogen-bond donors (Lipinski definition) is 2. The SMILES string of the molecule is Cc1ccc(NC(=O)NCc2sc(-c3ccco3)nc2C)cc1. The summed E-state index contributed by atoms with van der Waals surface area (Å²) in [6.07, 6.45) is 1.62. The van der Waals surface area contributed by atoms with E-state index in [1.807, 2.05) is 50.2 Å². The maximum Gasteiger partial charge on any atom is 0.319 e. The highest BCUT2D eigenvalue weighted by Gasteiger charge is 2.12. The lowest BCUT2D eigenvalue weighted by Crippen LogP contribution is -2.28. The molecule has 5 nitrogen and oxygen atoms in total. The number of nitrogens with zero attached hydrogens (tertiary/aromatic N) is 1. The average molecular weight is 327 g/mol. The van der Waals surface area contributed by atoms with Gasteiger partial charge in [-0.1, -0.05) is 17.7 Å². The van der Waals surface area contributed by atoms with Gasteiger partial charge in [0.1, 0.15) is 0 Å². The Labute approximate surface area is 138 Å². The number of benzene rings is 1. The summed E-state index contributed by atoms with van der Waals surface area (Å²) in [5.74, 6) is 0.744. The molecule has 0 aliphatic rings. The van der Waals surface area contributed by atoms with Crippen molar-refractivity contribution < 1.29 is 9.21 Å². The summed E-state index contributed by atoms with van der Waals surface area (Å²) in [4.78, 5) is 17.4. The second-order valence-corrected chi connectivity index (χ2v) is 6.26. The van der Waals surface area contributed by atoms with E-state index in [0.717, 1.165) is 32.6 Å². The Morgan fingerprint density at radius 3 is 2.70 bits per heavy atom. The molecular formula is C17H17N3O2S. The quantitative estimate of drug-likeness (QED) is 0.749. The van der Waals surface area contributed by atoms with Gasteiger partial charge in [-0.2, -0.15) is 0 Å². The van der Waals surface area contributed by atoms with Gasteiger partial charge in [0.15, 0.2) is 10.8 Å². The Morgan fingerprint density at radius 2 is 2.00 bits per heavy atom. The van der Waals surface area contributed by atoms with Crippen molar-refractivity contribution >= 4 is 23.1 Å². The molecule has 0 aliphatic heterocycles. The van der Waals surface area contributed by atoms with E-state index in [4.69, 9.17) is 4.42 Å². The van der Waals surface area contributed by atoms with Gasteiger partial charge in [0, 0.05) is 10.6 Å². The van der Waals surface area contributed by atoms with Crippen LogP contribution < -0.4 is 10.6 Å². The number of thiazole rings is 1. The largest absolute Gasteiger partial charge is 0.462 e. The summed E-state index contributed by atoms with van der Waals surface area (Å²) < 4.78 is 5.35. The molecule has 1 aromatic carbocycles. The van der Waals surface area contributed by atoms with Crippen LogP contribution in [0.3, 0.4) is 0 Å². The number of carbonyl (C=O) groups excluding carboxylic acids is 1. The van der Waals surface area contributed by atoms with Crippen molar-refractivity contribution in [3.63, 3.8) is 0 Å². The highest BCUT2D eigenvalue weighted by atomic mass is 32.1. The number of anilines is 1. The summed E-state index contributed by atoms with van der Waals surface area (Å²) >= 11 is 1.52. The molecule has 2 N–H and O–H groups in total. The first-order chi connectivity index (χ1) is 11.1. The number of rotatable bonds is 4. The molecule has 2 heterocycles. The molecule has 0 spiro atoms. The third-order valence-electron chi connectivity index (χ3n) is 3.34. The van der Waals surface area contributed by atoms with E-state index in [9.17, 15) is 4.79 Å². The number of aromatic nitrogens is 1. The van der Waals surface area contributed by atoms with E-state index in [-0.39, 0.29) is 6.03 Å². The van der Waals surface area contributed by atoms with Crippen molar-refractivity contribution in [2.24, 2.45) is 0 Å². The Morgan fingerprint density at radius 1 is 1.22 bits per heavy atom. The first-order valence-electron chi connectivity index (χ1n) is 7.23. The summed E-state index contributed by atoms with van der Waals surface area (Å²) in [6.45, 7) is 4.37. The first kappa shape index (κ1) is 15.3. The molecule has 0 atom stereocenters. The second kappa shape index (κ2) is 6.66. The molecule has 0 saturated carbocycles. The number of urea groups is 1. The fraction of sp³-hybridized carbons (Fsp3) is 0.176. The average Bonchev–Trinajstić information content (AvgIpc) is 3.17. The minimum Gasteiger partial charge on any atom is -0.462 e. The van der Waals surface area contributed by atoms with Crippen molar-refractivity contribution in [1.29, 1.82) is 0 Å². The van der Waals surface area contributed by atoms with Crippen LogP contribution in [-0.2, 0) is 6.54 Å². The minimum absolute atomic E-state index is 0.235. The monoisotopic (exact) mass is 327 g/mol. The topological polar surface area (TPSA) is 67.2 Å². The molecule has 0 radical (unpaired) electrons. The molecular weight excluding hydrogens is 310 g/mol. The van der Waals surface area contributed by atoms with Crippen molar-refractivity contribution in [2.45, 2.75) is 20.4 Å². The zero-order valence-electron chi connectivity index (χ0n) is 12.9. The predicted octanol–water partition coefficient (Wildman–Crippen LogP) is 4.34. The van der Waals surface area contributed by atoms with Crippen LogP contribution in [0.15, 0.2) is 47.1 Å². The van der Waals surface area contributed by atoms with E-state index in [1.54, 1.807) is 6.26 Å². The number of furan rings is 1. The van der Waals surface area contributed by atoms with Gasteiger partial charge >= 0.3 is 6.03 Å². The van der Waals surface area contributed by atoms with Crippen LogP contribution in [0.4, 0.5) is 10.5 Å². The van der Waals surface area contributed by atoms with Crippen LogP contribution in [-0.4, -0.2) is 11.0 Å². The molecule has 0 bridgehead atoms. The van der Waals surface area contributed by atoms with Gasteiger partial charge in [0.2, 0.25) is 0 Å². The van der Waals surface area contributed by atoms with Gasteiger partial charge < -0.3 is 15.1 Å². The van der Waals surface area contributed by atoms with Crippen LogP contribution in [0, 0.1) is 13.8 Å². The smallest absolute Gasteiger partial charge is 0.319 e. The van der Waals surface area contributed by atoms with Crippen molar-refractivity contribution in [2.75, 3.05) is 5.32 Å². The Balaban J connectivity index is 1.59. The fourth-order valence-corrected chi connectivity index (χ4v) is 3.04. The highest BCUT2D eigenvalue weighted by molar-refractivity contribution is 7.15. The summed E-state index contributed by atoms with van der Waals surface area (Å²) in [6, 6.07) is 11.1. The van der Waals surface area contributed by atoms with Gasteiger partial charge in [-0.15, -0.1) is 11.3 Å². The number of carbonyl (C=O) groups is 1. The molecule has 6 heteroatoms. The molecule has 0 unspecified atom stereocenters. The third-order valence-corrected chi connectivity index (χ3v) is 4.52. The molecule has 0 aliphatic carbocycles. The molecule has 0 fully saturated rings. The van der Waals surface area contributed by atoms with Crippen LogP contribution in [0.2, 0.25) is 0 Å². The zero-order valence-corrected chi connectivity index (χ0v) is 13.7. The number of hydrogen-bond acceptors (Lipinski definition) is 4. The van der Waals surface area contributed by atoms with E-state index in [0.29, 0.717) is 6.54 Å². The van der Waals surface area contributed by atoms with Gasteiger partial charge in [-0.3, -0.25) is 0 Å². The number of aryl methyl sites for hydroxylation is 2. The Kier molecular flexibility index (Phi) is 4.43. The molecule has 2 amide bonds. The van der Waals surface area contributed by atoms with Crippen LogP contribution in [0.25, 0.3) is 10.8 Å². The molecule has 3 rings (SSSR count). The maximum absolute atomic E-state index is 12.0. The van der Waals surface area contributed by atoms with Crippen molar-refractivity contribution in [1.82, 2.24) is 10.3 Å². The van der Waals surface area contributed by atoms with Crippen LogP contribution in [0.1, 0.15) is 16.1 Å². The lowest BCUT2D eigenvalue weighted by Gasteiger charge is -2.07. The highest BCUT2D eigenvalue weighted by Crippen LogP contribution is 2.28. The van der Waals surface area contributed by atoms with Gasteiger partial charge in [-0.05, 0) is 38.1 Å². The van der Waals surface area contributed by atoms with Crippen molar-refractivity contribution in [3.05, 3.63) is 58.8 Å². The molecule has 0 saturated heterocycles. The fourth-order valence-electron chi connectivity index (χ4n) is 2.07. The van der Waals surface area contributed by atoms with Crippen molar-refractivity contribution in [3.8, 4) is 10.8 Å². The molecule has 2 aromatic heterocycles. The lowest BCUT2D eigenvalue weighted by molar-refractivity contribution is 0.252. The van der Waals surface area contributed by atoms with Crippen LogP contribution in [0.5, 0.6) is 0 Å². The van der Waals surface area contributed by atoms with E-state index < -0.39 is 0 Å². The van der Waals surface area contributed by atoms with E-state index in [2.05, 4.69) is 15.6 Å². The predicted molar refractivity (Wildman–Crippen MR) is 91.6 cm³/mol. The maximum atomic E-state index is 12.0. The minimum atomic E-state index is -0.235. The summed E-state index contributed by atoms with van der Waals surface area (Å²) in [5.41, 5.74) is 2.82. The number of nitrogens with one attached hydrogen (secondary N) is 2. The lowest BCUT2D eigenvalue weighted by atomic mass is 10.2. The molecule has 23 heavy (non-hydrogen) atoms. The number of amides is 2. The van der Waals surface area contributed by atoms with Gasteiger partial charge in [0.25, 0.3) is 0 Å².